The van der Waals surface area contributed by atoms with E-state index in [2.05, 4.69) is 10.1 Å². The molecular formula is C13H14ClN3O4S. The third-order valence-corrected chi connectivity index (χ3v) is 5.76. The Kier molecular flexibility index (Phi) is 4.07. The minimum absolute atomic E-state index is 0.0660. The van der Waals surface area contributed by atoms with Gasteiger partial charge in [0.05, 0.1) is 7.11 Å². The molecule has 0 N–H and O–H groups in total. The molecule has 0 radical (unpaired) electrons. The van der Waals surface area contributed by atoms with Gasteiger partial charge in [0.2, 0.25) is 16.4 Å². The van der Waals surface area contributed by atoms with E-state index in [0.29, 0.717) is 30.4 Å². The van der Waals surface area contributed by atoms with E-state index in [4.69, 9.17) is 20.9 Å². The minimum atomic E-state index is -3.69. The van der Waals surface area contributed by atoms with E-state index in [-0.39, 0.29) is 16.6 Å². The van der Waals surface area contributed by atoms with Crippen LogP contribution in [0.1, 0.15) is 18.2 Å². The molecule has 1 fully saturated rings. The van der Waals surface area contributed by atoms with Gasteiger partial charge in [-0.1, -0.05) is 16.8 Å². The Morgan fingerprint density at radius 3 is 2.95 bits per heavy atom. The van der Waals surface area contributed by atoms with Gasteiger partial charge in [0.1, 0.15) is 10.6 Å². The topological polar surface area (TPSA) is 85.5 Å². The molecular weight excluding hydrogens is 330 g/mol. The minimum Gasteiger partial charge on any atom is -0.495 e. The second-order valence-corrected chi connectivity index (χ2v) is 7.28. The summed E-state index contributed by atoms with van der Waals surface area (Å²) in [5.41, 5.74) is 0. The molecule has 1 saturated heterocycles. The first-order chi connectivity index (χ1) is 10.5. The summed E-state index contributed by atoms with van der Waals surface area (Å²) >= 11 is 5.93. The van der Waals surface area contributed by atoms with E-state index >= 15 is 0 Å². The van der Waals surface area contributed by atoms with Crippen molar-refractivity contribution in [2.45, 2.75) is 17.2 Å². The van der Waals surface area contributed by atoms with Crippen LogP contribution in [0.2, 0.25) is 5.02 Å². The number of ether oxygens (including phenoxy) is 1. The quantitative estimate of drug-likeness (QED) is 0.843. The van der Waals surface area contributed by atoms with Crippen LogP contribution in [0.3, 0.4) is 0 Å². The van der Waals surface area contributed by atoms with E-state index in [1.807, 2.05) is 0 Å². The summed E-state index contributed by atoms with van der Waals surface area (Å²) < 4.78 is 36.9. The molecule has 0 spiro atoms. The lowest BCUT2D eigenvalue weighted by Crippen LogP contribution is -2.29. The lowest BCUT2D eigenvalue weighted by atomic mass is 10.1. The molecule has 3 rings (SSSR count). The van der Waals surface area contributed by atoms with Crippen molar-refractivity contribution in [3.8, 4) is 5.75 Å². The van der Waals surface area contributed by atoms with E-state index in [9.17, 15) is 8.42 Å². The smallest absolute Gasteiger partial charge is 0.246 e. The highest BCUT2D eigenvalue weighted by Gasteiger charge is 2.36. The molecule has 1 unspecified atom stereocenters. The number of nitrogens with zero attached hydrogens (tertiary/aromatic N) is 3. The molecule has 1 aromatic carbocycles. The maximum absolute atomic E-state index is 12.8. The van der Waals surface area contributed by atoms with Crippen molar-refractivity contribution in [3.63, 3.8) is 0 Å². The van der Waals surface area contributed by atoms with Crippen LogP contribution < -0.4 is 4.74 Å². The SMILES string of the molecule is COc1ccc(Cl)cc1S(=O)(=O)N1CCC(c2ncon2)C1. The molecule has 9 heteroatoms. The fraction of sp³-hybridized carbons (Fsp3) is 0.385. The maximum atomic E-state index is 12.8. The van der Waals surface area contributed by atoms with Gasteiger partial charge in [-0.2, -0.15) is 9.29 Å². The first-order valence-electron chi connectivity index (χ1n) is 6.62. The molecule has 1 atom stereocenters. The number of hydrogen-bond donors (Lipinski definition) is 0. The Morgan fingerprint density at radius 1 is 1.45 bits per heavy atom. The third-order valence-electron chi connectivity index (χ3n) is 3.64. The Hall–Kier alpha value is -1.64. The molecule has 0 bridgehead atoms. The van der Waals surface area contributed by atoms with Gasteiger partial charge in [0.25, 0.3) is 0 Å². The number of aromatic nitrogens is 2. The first kappa shape index (κ1) is 15.3. The van der Waals surface area contributed by atoms with Gasteiger partial charge >= 0.3 is 0 Å². The lowest BCUT2D eigenvalue weighted by molar-refractivity contribution is 0.396. The zero-order chi connectivity index (χ0) is 15.7. The van der Waals surface area contributed by atoms with Gasteiger partial charge in [-0.25, -0.2) is 8.42 Å². The van der Waals surface area contributed by atoms with Crippen LogP contribution in [-0.2, 0) is 10.0 Å². The monoisotopic (exact) mass is 343 g/mol. The van der Waals surface area contributed by atoms with Crippen LogP contribution in [0, 0.1) is 0 Å². The molecule has 7 nitrogen and oxygen atoms in total. The number of halogens is 1. The largest absolute Gasteiger partial charge is 0.495 e. The van der Waals surface area contributed by atoms with Crippen molar-refractivity contribution < 1.29 is 17.7 Å². The van der Waals surface area contributed by atoms with Gasteiger partial charge in [0.15, 0.2) is 5.82 Å². The number of rotatable bonds is 4. The van der Waals surface area contributed by atoms with E-state index in [1.54, 1.807) is 12.1 Å². The zero-order valence-electron chi connectivity index (χ0n) is 11.8. The molecule has 1 aliphatic heterocycles. The maximum Gasteiger partial charge on any atom is 0.246 e. The molecule has 22 heavy (non-hydrogen) atoms. The van der Waals surface area contributed by atoms with Gasteiger partial charge in [-0.3, -0.25) is 0 Å². The second-order valence-electron chi connectivity index (χ2n) is 4.93. The molecule has 0 aliphatic carbocycles. The average molecular weight is 344 g/mol. The molecule has 0 saturated carbocycles. The summed E-state index contributed by atoms with van der Waals surface area (Å²) in [7, 11) is -2.27. The predicted octanol–water partition coefficient (Wildman–Crippen LogP) is 1.91. The highest BCUT2D eigenvalue weighted by molar-refractivity contribution is 7.89. The van der Waals surface area contributed by atoms with Crippen molar-refractivity contribution >= 4 is 21.6 Å². The fourth-order valence-electron chi connectivity index (χ4n) is 2.51. The normalized spacial score (nSPS) is 19.5. The summed E-state index contributed by atoms with van der Waals surface area (Å²) in [6.45, 7) is 0.689. The Balaban J connectivity index is 1.90. The summed E-state index contributed by atoms with van der Waals surface area (Å²) in [6, 6.07) is 4.53. The van der Waals surface area contributed by atoms with Crippen molar-refractivity contribution in [2.75, 3.05) is 20.2 Å². The number of sulfonamides is 1. The fourth-order valence-corrected chi connectivity index (χ4v) is 4.43. The second kappa shape index (κ2) is 5.86. The summed E-state index contributed by atoms with van der Waals surface area (Å²) in [5.74, 6) is 0.724. The van der Waals surface area contributed by atoms with Gasteiger partial charge in [0, 0.05) is 24.0 Å². The van der Waals surface area contributed by atoms with Crippen LogP contribution >= 0.6 is 11.6 Å². The first-order valence-corrected chi connectivity index (χ1v) is 8.44. The van der Waals surface area contributed by atoms with Crippen molar-refractivity contribution in [3.05, 3.63) is 35.4 Å². The van der Waals surface area contributed by atoms with E-state index in [0.717, 1.165) is 0 Å². The van der Waals surface area contributed by atoms with Crippen molar-refractivity contribution in [2.24, 2.45) is 0 Å². The van der Waals surface area contributed by atoms with E-state index in [1.165, 1.54) is 23.9 Å². The number of benzene rings is 1. The van der Waals surface area contributed by atoms with Gasteiger partial charge in [-0.05, 0) is 24.6 Å². The molecule has 2 heterocycles. The molecule has 2 aromatic rings. The highest BCUT2D eigenvalue weighted by atomic mass is 35.5. The zero-order valence-corrected chi connectivity index (χ0v) is 13.3. The lowest BCUT2D eigenvalue weighted by Gasteiger charge is -2.18. The summed E-state index contributed by atoms with van der Waals surface area (Å²) in [6.07, 6.45) is 1.88. The molecule has 118 valence electrons. The van der Waals surface area contributed by atoms with Crippen LogP contribution in [0.25, 0.3) is 0 Å². The van der Waals surface area contributed by atoms with Crippen molar-refractivity contribution in [1.29, 1.82) is 0 Å². The van der Waals surface area contributed by atoms with Gasteiger partial charge < -0.3 is 9.26 Å². The van der Waals surface area contributed by atoms with Crippen LogP contribution in [0.5, 0.6) is 5.75 Å². The van der Waals surface area contributed by atoms with E-state index < -0.39 is 10.0 Å². The standard InChI is InChI=1S/C13H14ClN3O4S/c1-20-11-3-2-10(14)6-12(11)22(18,19)17-5-4-9(7-17)13-15-8-21-16-13/h2-3,6,8-9H,4-5,7H2,1H3. The molecule has 1 aliphatic rings. The Morgan fingerprint density at radius 2 is 2.27 bits per heavy atom. The third kappa shape index (κ3) is 2.69. The van der Waals surface area contributed by atoms with Crippen LogP contribution in [0.4, 0.5) is 0 Å². The van der Waals surface area contributed by atoms with Crippen molar-refractivity contribution in [1.82, 2.24) is 14.4 Å². The Bertz CT molecular complexity index is 764. The summed E-state index contributed by atoms with van der Waals surface area (Å²) in [5, 5.41) is 4.12. The van der Waals surface area contributed by atoms with Crippen LogP contribution in [-0.4, -0.2) is 43.1 Å². The highest BCUT2D eigenvalue weighted by Crippen LogP contribution is 2.34. The predicted molar refractivity (Wildman–Crippen MR) is 78.4 cm³/mol. The number of hydrogen-bond acceptors (Lipinski definition) is 6. The Labute approximate surface area is 132 Å². The van der Waals surface area contributed by atoms with Gasteiger partial charge in [-0.15, -0.1) is 0 Å². The average Bonchev–Trinajstić information content (AvgIpc) is 3.18. The molecule has 1 aromatic heterocycles. The summed E-state index contributed by atoms with van der Waals surface area (Å²) in [4.78, 5) is 4.06. The molecule has 0 amide bonds. The van der Waals surface area contributed by atoms with Crippen LogP contribution in [0.15, 0.2) is 34.0 Å². The number of methoxy groups -OCH3 is 1.